The summed E-state index contributed by atoms with van der Waals surface area (Å²) in [6, 6.07) is 15.4. The van der Waals surface area contributed by atoms with Crippen LogP contribution >= 0.6 is 12.6 Å². The Morgan fingerprint density at radius 3 is 2.35 bits per heavy atom. The predicted octanol–water partition coefficient (Wildman–Crippen LogP) is 3.07. The standard InChI is InChI=1S/C16H16N2OS/c1-17-10-11-18(15-5-3-2-4-14(15)17)16(19)12-6-8-13(20)9-7-12/h2-9,20H,10-11H2,1H3. The van der Waals surface area contributed by atoms with Crippen molar-refractivity contribution in [3.8, 4) is 0 Å². The molecule has 0 aliphatic carbocycles. The average Bonchev–Trinajstić information content (AvgIpc) is 2.48. The van der Waals surface area contributed by atoms with Crippen LogP contribution in [0.25, 0.3) is 0 Å². The molecular formula is C16H16N2OS. The molecule has 0 N–H and O–H groups in total. The molecule has 2 aromatic carbocycles. The van der Waals surface area contributed by atoms with E-state index in [-0.39, 0.29) is 5.91 Å². The molecule has 1 aliphatic rings. The highest BCUT2D eigenvalue weighted by Crippen LogP contribution is 2.32. The Morgan fingerprint density at radius 1 is 1.00 bits per heavy atom. The van der Waals surface area contributed by atoms with Crippen molar-refractivity contribution in [1.29, 1.82) is 0 Å². The maximum atomic E-state index is 12.7. The van der Waals surface area contributed by atoms with E-state index >= 15 is 0 Å². The van der Waals surface area contributed by atoms with E-state index in [1.165, 1.54) is 0 Å². The van der Waals surface area contributed by atoms with Crippen LogP contribution in [-0.4, -0.2) is 26.0 Å². The van der Waals surface area contributed by atoms with Gasteiger partial charge in [-0.15, -0.1) is 12.6 Å². The smallest absolute Gasteiger partial charge is 0.258 e. The van der Waals surface area contributed by atoms with Gasteiger partial charge in [-0.1, -0.05) is 12.1 Å². The van der Waals surface area contributed by atoms with Crippen LogP contribution in [-0.2, 0) is 0 Å². The zero-order valence-corrected chi connectivity index (χ0v) is 12.2. The molecule has 1 aliphatic heterocycles. The van der Waals surface area contributed by atoms with Crippen molar-refractivity contribution in [2.24, 2.45) is 0 Å². The number of thiol groups is 1. The number of nitrogens with zero attached hydrogens (tertiary/aromatic N) is 2. The van der Waals surface area contributed by atoms with Crippen molar-refractivity contribution in [2.45, 2.75) is 4.90 Å². The van der Waals surface area contributed by atoms with Crippen LogP contribution < -0.4 is 9.80 Å². The van der Waals surface area contributed by atoms with E-state index in [4.69, 9.17) is 0 Å². The number of hydrogen-bond acceptors (Lipinski definition) is 3. The molecule has 0 aromatic heterocycles. The summed E-state index contributed by atoms with van der Waals surface area (Å²) in [6.45, 7) is 1.54. The SMILES string of the molecule is CN1CCN(C(=O)c2ccc(S)cc2)c2ccccc21. The molecule has 0 saturated carbocycles. The van der Waals surface area contributed by atoms with Crippen LogP contribution in [0.3, 0.4) is 0 Å². The highest BCUT2D eigenvalue weighted by atomic mass is 32.1. The van der Waals surface area contributed by atoms with E-state index in [9.17, 15) is 4.79 Å². The maximum Gasteiger partial charge on any atom is 0.258 e. The fraction of sp³-hybridized carbons (Fsp3) is 0.188. The van der Waals surface area contributed by atoms with E-state index in [0.29, 0.717) is 12.1 Å². The molecule has 0 fully saturated rings. The maximum absolute atomic E-state index is 12.7. The summed E-state index contributed by atoms with van der Waals surface area (Å²) in [7, 11) is 2.05. The molecule has 0 saturated heterocycles. The summed E-state index contributed by atoms with van der Waals surface area (Å²) < 4.78 is 0. The summed E-state index contributed by atoms with van der Waals surface area (Å²) in [5, 5.41) is 0. The zero-order valence-electron chi connectivity index (χ0n) is 11.3. The highest BCUT2D eigenvalue weighted by Gasteiger charge is 2.25. The lowest BCUT2D eigenvalue weighted by molar-refractivity contribution is 0.0986. The van der Waals surface area contributed by atoms with E-state index in [2.05, 4.69) is 24.6 Å². The van der Waals surface area contributed by atoms with Gasteiger partial charge in [0.15, 0.2) is 0 Å². The van der Waals surface area contributed by atoms with Gasteiger partial charge in [0, 0.05) is 30.6 Å². The fourth-order valence-electron chi connectivity index (χ4n) is 2.48. The summed E-state index contributed by atoms with van der Waals surface area (Å²) in [4.78, 5) is 17.6. The lowest BCUT2D eigenvalue weighted by Gasteiger charge is -2.35. The van der Waals surface area contributed by atoms with Crippen LogP contribution in [0.2, 0.25) is 0 Å². The first-order valence-corrected chi connectivity index (χ1v) is 7.02. The number of anilines is 2. The number of fused-ring (bicyclic) bond motifs is 1. The quantitative estimate of drug-likeness (QED) is 0.814. The van der Waals surface area contributed by atoms with Crippen molar-refractivity contribution in [1.82, 2.24) is 0 Å². The Balaban J connectivity index is 1.97. The normalized spacial score (nSPS) is 14.1. The number of carbonyl (C=O) groups is 1. The van der Waals surface area contributed by atoms with Crippen LogP contribution in [0.4, 0.5) is 11.4 Å². The van der Waals surface area contributed by atoms with Crippen LogP contribution in [0.1, 0.15) is 10.4 Å². The third-order valence-corrected chi connectivity index (χ3v) is 3.90. The van der Waals surface area contributed by atoms with Crippen molar-refractivity contribution in [3.05, 3.63) is 54.1 Å². The van der Waals surface area contributed by atoms with Crippen molar-refractivity contribution in [3.63, 3.8) is 0 Å². The van der Waals surface area contributed by atoms with Gasteiger partial charge >= 0.3 is 0 Å². The second-order valence-corrected chi connectivity index (χ2v) is 5.43. The fourth-order valence-corrected chi connectivity index (χ4v) is 2.63. The molecule has 0 atom stereocenters. The molecule has 0 bridgehead atoms. The molecule has 2 aromatic rings. The first-order chi connectivity index (χ1) is 9.66. The molecule has 20 heavy (non-hydrogen) atoms. The number of likely N-dealkylation sites (N-methyl/N-ethyl adjacent to an activating group) is 1. The largest absolute Gasteiger partial charge is 0.371 e. The molecule has 1 amide bonds. The van der Waals surface area contributed by atoms with Crippen molar-refractivity contribution in [2.75, 3.05) is 29.9 Å². The van der Waals surface area contributed by atoms with Crippen LogP contribution in [0.5, 0.6) is 0 Å². The number of amides is 1. The average molecular weight is 284 g/mol. The molecule has 102 valence electrons. The summed E-state index contributed by atoms with van der Waals surface area (Å²) in [5.41, 5.74) is 2.77. The van der Waals surface area contributed by atoms with E-state index in [1.54, 1.807) is 0 Å². The van der Waals surface area contributed by atoms with Gasteiger partial charge in [0.25, 0.3) is 5.91 Å². The topological polar surface area (TPSA) is 23.6 Å². The summed E-state index contributed by atoms with van der Waals surface area (Å²) in [5.74, 6) is 0.0406. The first-order valence-electron chi connectivity index (χ1n) is 6.58. The van der Waals surface area contributed by atoms with Gasteiger partial charge in [-0.3, -0.25) is 4.79 Å². The molecule has 3 rings (SSSR count). The Morgan fingerprint density at radius 2 is 1.65 bits per heavy atom. The van der Waals surface area contributed by atoms with Gasteiger partial charge in [-0.25, -0.2) is 0 Å². The molecule has 0 radical (unpaired) electrons. The number of para-hydroxylation sites is 2. The second kappa shape index (κ2) is 5.21. The van der Waals surface area contributed by atoms with E-state index in [0.717, 1.165) is 22.8 Å². The van der Waals surface area contributed by atoms with Crippen LogP contribution in [0, 0.1) is 0 Å². The Bertz CT molecular complexity index is 639. The lowest BCUT2D eigenvalue weighted by Crippen LogP contribution is -2.42. The predicted molar refractivity (Wildman–Crippen MR) is 85.1 cm³/mol. The Kier molecular flexibility index (Phi) is 3.40. The highest BCUT2D eigenvalue weighted by molar-refractivity contribution is 7.80. The first kappa shape index (κ1) is 13.1. The molecule has 1 heterocycles. The number of hydrogen-bond donors (Lipinski definition) is 1. The number of rotatable bonds is 1. The molecule has 0 unspecified atom stereocenters. The van der Waals surface area contributed by atoms with Gasteiger partial charge < -0.3 is 9.80 Å². The molecular weight excluding hydrogens is 268 g/mol. The van der Waals surface area contributed by atoms with Gasteiger partial charge in [-0.05, 0) is 36.4 Å². The minimum atomic E-state index is 0.0406. The van der Waals surface area contributed by atoms with E-state index < -0.39 is 0 Å². The summed E-state index contributed by atoms with van der Waals surface area (Å²) >= 11 is 4.25. The minimum absolute atomic E-state index is 0.0406. The van der Waals surface area contributed by atoms with E-state index in [1.807, 2.05) is 53.4 Å². The number of benzene rings is 2. The van der Waals surface area contributed by atoms with Gasteiger partial charge in [0.1, 0.15) is 0 Å². The van der Waals surface area contributed by atoms with Gasteiger partial charge in [-0.2, -0.15) is 0 Å². The number of carbonyl (C=O) groups excluding carboxylic acids is 1. The minimum Gasteiger partial charge on any atom is -0.371 e. The molecule has 4 heteroatoms. The Hall–Kier alpha value is -1.94. The third kappa shape index (κ3) is 2.27. The summed E-state index contributed by atoms with van der Waals surface area (Å²) in [6.07, 6.45) is 0. The monoisotopic (exact) mass is 284 g/mol. The third-order valence-electron chi connectivity index (χ3n) is 3.60. The van der Waals surface area contributed by atoms with Crippen molar-refractivity contribution >= 4 is 29.9 Å². The van der Waals surface area contributed by atoms with Crippen molar-refractivity contribution < 1.29 is 4.79 Å². The van der Waals surface area contributed by atoms with Crippen LogP contribution in [0.15, 0.2) is 53.4 Å². The zero-order chi connectivity index (χ0) is 14.1. The van der Waals surface area contributed by atoms with Gasteiger partial charge in [0.2, 0.25) is 0 Å². The van der Waals surface area contributed by atoms with Gasteiger partial charge in [0.05, 0.1) is 11.4 Å². The Labute approximate surface area is 124 Å². The lowest BCUT2D eigenvalue weighted by atomic mass is 10.1. The second-order valence-electron chi connectivity index (χ2n) is 4.91. The molecule has 0 spiro atoms. The molecule has 3 nitrogen and oxygen atoms in total.